The molecular weight excluding hydrogens is 833 g/mol. The maximum Gasteiger partial charge on any atom is 0.306 e. The van der Waals surface area contributed by atoms with Gasteiger partial charge in [-0.3, -0.25) is 4.79 Å². The Hall–Kier alpha value is -1.83. The summed E-state index contributed by atoms with van der Waals surface area (Å²) in [5.74, 6) is 0.496. The molecule has 392 valence electrons. The second-order valence-electron chi connectivity index (χ2n) is 20.5. The van der Waals surface area contributed by atoms with E-state index in [0.29, 0.717) is 26.1 Å². The second kappa shape index (κ2) is 45.3. The molecule has 0 saturated carbocycles. The van der Waals surface area contributed by atoms with E-state index < -0.39 is 5.79 Å². The molecule has 7 nitrogen and oxygen atoms in total. The van der Waals surface area contributed by atoms with Crippen LogP contribution in [-0.4, -0.2) is 45.5 Å². The van der Waals surface area contributed by atoms with Crippen LogP contribution in [0, 0.1) is 0 Å². The van der Waals surface area contributed by atoms with Gasteiger partial charge in [0.25, 0.3) is 0 Å². The third kappa shape index (κ3) is 35.9. The fraction of sp³-hybridized carbons (Fsp3) is 0.883. The number of esters is 1. The Morgan fingerprint density at radius 1 is 0.493 bits per heavy atom. The Morgan fingerprint density at radius 3 is 1.12 bits per heavy atom. The van der Waals surface area contributed by atoms with Gasteiger partial charge in [0.15, 0.2) is 12.1 Å². The van der Waals surface area contributed by atoms with Crippen LogP contribution in [0.2, 0.25) is 0 Å². The molecule has 0 aliphatic carbocycles. The third-order valence-corrected chi connectivity index (χ3v) is 14.3. The summed E-state index contributed by atoms with van der Waals surface area (Å²) in [5, 5.41) is 0. The van der Waals surface area contributed by atoms with E-state index in [1.54, 1.807) is 14.2 Å². The van der Waals surface area contributed by atoms with Gasteiger partial charge in [-0.05, 0) is 30.5 Å². The molecule has 0 spiro atoms. The summed E-state index contributed by atoms with van der Waals surface area (Å²) in [6.07, 6.45) is 56.9. The lowest BCUT2D eigenvalue weighted by Gasteiger charge is -2.27. The lowest BCUT2D eigenvalue weighted by Crippen LogP contribution is -2.32. The van der Waals surface area contributed by atoms with Crippen molar-refractivity contribution in [3.8, 4) is 11.5 Å². The minimum atomic E-state index is -0.800. The lowest BCUT2D eigenvalue weighted by molar-refractivity contribution is -0.259. The van der Waals surface area contributed by atoms with E-state index in [4.69, 9.17) is 28.4 Å². The molecule has 7 heteroatoms. The van der Waals surface area contributed by atoms with Crippen LogP contribution in [0.1, 0.15) is 302 Å². The Kier molecular flexibility index (Phi) is 41.5. The maximum atomic E-state index is 12.9. The summed E-state index contributed by atoms with van der Waals surface area (Å²) < 4.78 is 35.3. The van der Waals surface area contributed by atoms with Crippen molar-refractivity contribution in [2.45, 2.75) is 315 Å². The van der Waals surface area contributed by atoms with E-state index in [0.717, 1.165) is 36.3 Å². The van der Waals surface area contributed by atoms with Crippen molar-refractivity contribution in [3.05, 3.63) is 23.8 Å². The topological polar surface area (TPSA) is 72.5 Å². The molecule has 1 aliphatic rings. The SMILES string of the molecule is CCCCCCCCCCCCCCCCCCCCCCOc1cc(COC(=O)CCC2(OC)CCC(OC)O2)cc(OCCCCCCCCCCCCCCCCCCCCCC)c1. The largest absolute Gasteiger partial charge is 0.493 e. The molecule has 0 aromatic heterocycles. The average Bonchev–Trinajstić information content (AvgIpc) is 3.77. The van der Waals surface area contributed by atoms with E-state index in [9.17, 15) is 4.79 Å². The first-order valence-corrected chi connectivity index (χ1v) is 29.3. The van der Waals surface area contributed by atoms with Crippen LogP contribution in [0.3, 0.4) is 0 Å². The molecule has 1 fully saturated rings. The molecular formula is C60H110O7. The van der Waals surface area contributed by atoms with Crippen LogP contribution in [0.25, 0.3) is 0 Å². The standard InChI is InChI=1S/C60H110O7/c1-5-7-9-11-13-15-17-19-21-23-25-27-29-31-33-35-37-39-41-43-49-64-56-51-55(54-66-58(61)45-47-60(63-4)48-46-59(62-3)67-60)52-57(53-56)65-50-44-42-40-38-36-34-32-30-28-26-24-22-20-18-16-14-12-10-8-6-2/h51-53,59H,5-50,54H2,1-4H3. The second-order valence-corrected chi connectivity index (χ2v) is 20.5. The summed E-state index contributed by atoms with van der Waals surface area (Å²) in [7, 11) is 3.26. The average molecular weight is 944 g/mol. The quantitative estimate of drug-likeness (QED) is 0.0476. The molecule has 1 aromatic rings. The van der Waals surface area contributed by atoms with Gasteiger partial charge in [-0.15, -0.1) is 0 Å². The zero-order valence-electron chi connectivity index (χ0n) is 44.9. The van der Waals surface area contributed by atoms with Crippen molar-refractivity contribution in [1.82, 2.24) is 0 Å². The number of ether oxygens (including phenoxy) is 6. The van der Waals surface area contributed by atoms with Gasteiger partial charge in [-0.25, -0.2) is 0 Å². The summed E-state index contributed by atoms with van der Waals surface area (Å²) in [6, 6.07) is 5.99. The molecule has 67 heavy (non-hydrogen) atoms. The number of carbonyl (C=O) groups excluding carboxylic acids is 1. The minimum Gasteiger partial charge on any atom is -0.493 e. The molecule has 2 unspecified atom stereocenters. The van der Waals surface area contributed by atoms with Crippen LogP contribution in [0.4, 0.5) is 0 Å². The van der Waals surface area contributed by atoms with Crippen LogP contribution < -0.4 is 9.47 Å². The Labute approximate surface area is 415 Å². The Morgan fingerprint density at radius 2 is 0.821 bits per heavy atom. The number of methoxy groups -OCH3 is 2. The highest BCUT2D eigenvalue weighted by Crippen LogP contribution is 2.35. The molecule has 1 aliphatic heterocycles. The lowest BCUT2D eigenvalue weighted by atomic mass is 10.0. The molecule has 1 aromatic carbocycles. The van der Waals surface area contributed by atoms with Gasteiger partial charge in [0.1, 0.15) is 18.1 Å². The Bertz CT molecular complexity index is 1160. The van der Waals surface area contributed by atoms with Crippen LogP contribution in [0.5, 0.6) is 11.5 Å². The first-order chi connectivity index (χ1) is 33.0. The third-order valence-electron chi connectivity index (χ3n) is 14.3. The van der Waals surface area contributed by atoms with Gasteiger partial charge >= 0.3 is 5.97 Å². The van der Waals surface area contributed by atoms with Crippen LogP contribution in [0.15, 0.2) is 18.2 Å². The zero-order valence-corrected chi connectivity index (χ0v) is 44.9. The van der Waals surface area contributed by atoms with Crippen molar-refractivity contribution < 1.29 is 33.2 Å². The zero-order chi connectivity index (χ0) is 48.0. The fourth-order valence-corrected chi connectivity index (χ4v) is 9.80. The van der Waals surface area contributed by atoms with Gasteiger partial charge in [0, 0.05) is 39.5 Å². The molecule has 0 bridgehead atoms. The summed E-state index contributed by atoms with van der Waals surface area (Å²) in [6.45, 7) is 6.13. The van der Waals surface area contributed by atoms with Gasteiger partial charge in [-0.1, -0.05) is 258 Å². The number of benzene rings is 1. The predicted molar refractivity (Wildman–Crippen MR) is 283 cm³/mol. The molecule has 0 N–H and O–H groups in total. The minimum absolute atomic E-state index is 0.173. The summed E-state index contributed by atoms with van der Waals surface area (Å²) in [5.41, 5.74) is 0.880. The van der Waals surface area contributed by atoms with E-state index >= 15 is 0 Å². The highest BCUT2D eigenvalue weighted by atomic mass is 16.8. The number of rotatable bonds is 51. The highest BCUT2D eigenvalue weighted by molar-refractivity contribution is 5.69. The van der Waals surface area contributed by atoms with E-state index in [1.807, 2.05) is 18.2 Å². The maximum absolute atomic E-state index is 12.9. The number of hydrogen-bond donors (Lipinski definition) is 0. The van der Waals surface area contributed by atoms with Crippen molar-refractivity contribution in [2.24, 2.45) is 0 Å². The summed E-state index contributed by atoms with van der Waals surface area (Å²) in [4.78, 5) is 12.9. The van der Waals surface area contributed by atoms with Gasteiger partial charge < -0.3 is 28.4 Å². The molecule has 1 saturated heterocycles. The normalized spacial score (nSPS) is 16.0. The van der Waals surface area contributed by atoms with Crippen LogP contribution >= 0.6 is 0 Å². The van der Waals surface area contributed by atoms with Crippen molar-refractivity contribution in [3.63, 3.8) is 0 Å². The molecule has 2 atom stereocenters. The van der Waals surface area contributed by atoms with Crippen molar-refractivity contribution in [2.75, 3.05) is 27.4 Å². The number of hydrogen-bond acceptors (Lipinski definition) is 7. The number of unbranched alkanes of at least 4 members (excludes halogenated alkanes) is 38. The monoisotopic (exact) mass is 943 g/mol. The van der Waals surface area contributed by atoms with Crippen molar-refractivity contribution >= 4 is 5.97 Å². The van der Waals surface area contributed by atoms with Gasteiger partial charge in [0.2, 0.25) is 0 Å². The first-order valence-electron chi connectivity index (χ1n) is 29.3. The summed E-state index contributed by atoms with van der Waals surface area (Å²) >= 11 is 0. The van der Waals surface area contributed by atoms with Crippen LogP contribution in [-0.2, 0) is 30.3 Å². The molecule has 0 amide bonds. The van der Waals surface area contributed by atoms with E-state index in [1.165, 1.54) is 244 Å². The van der Waals surface area contributed by atoms with Crippen molar-refractivity contribution in [1.29, 1.82) is 0 Å². The first kappa shape index (κ1) is 61.3. The smallest absolute Gasteiger partial charge is 0.306 e. The van der Waals surface area contributed by atoms with Gasteiger partial charge in [-0.2, -0.15) is 0 Å². The van der Waals surface area contributed by atoms with E-state index in [-0.39, 0.29) is 25.3 Å². The van der Waals surface area contributed by atoms with E-state index in [2.05, 4.69) is 13.8 Å². The molecule has 2 rings (SSSR count). The predicted octanol–water partition coefficient (Wildman–Crippen LogP) is 19.0. The molecule has 0 radical (unpaired) electrons. The fourth-order valence-electron chi connectivity index (χ4n) is 9.80. The number of carbonyl (C=O) groups is 1. The Balaban J connectivity index is 1.59. The highest BCUT2D eigenvalue weighted by Gasteiger charge is 2.41. The van der Waals surface area contributed by atoms with Gasteiger partial charge in [0.05, 0.1) is 19.6 Å². The molecule has 1 heterocycles.